The number of alkyl halides is 1. The Labute approximate surface area is 171 Å². The van der Waals surface area contributed by atoms with Gasteiger partial charge in [-0.15, -0.1) is 0 Å². The van der Waals surface area contributed by atoms with Crippen LogP contribution in [0.25, 0.3) is 0 Å². The molecule has 5 atom stereocenters. The van der Waals surface area contributed by atoms with Gasteiger partial charge in [-0.25, -0.2) is 4.39 Å². The van der Waals surface area contributed by atoms with Gasteiger partial charge >= 0.3 is 5.97 Å². The Morgan fingerprint density at radius 1 is 1.21 bits per heavy atom. The molecule has 3 N–H and O–H groups in total. The van der Waals surface area contributed by atoms with E-state index in [9.17, 15) is 19.4 Å². The molecule has 0 bridgehead atoms. The Bertz CT molecular complexity index is 719. The van der Waals surface area contributed by atoms with E-state index in [1.165, 1.54) is 11.1 Å². The first-order chi connectivity index (χ1) is 14.0. The van der Waals surface area contributed by atoms with Crippen molar-refractivity contribution < 1.29 is 24.5 Å². The van der Waals surface area contributed by atoms with Gasteiger partial charge in [0.25, 0.3) is 0 Å². The second kappa shape index (κ2) is 10.2. The van der Waals surface area contributed by atoms with Gasteiger partial charge < -0.3 is 15.3 Å². The third kappa shape index (κ3) is 5.77. The summed E-state index contributed by atoms with van der Waals surface area (Å²) in [6, 6.07) is 8.21. The molecule has 0 saturated heterocycles. The van der Waals surface area contributed by atoms with E-state index in [-0.39, 0.29) is 24.7 Å². The molecule has 0 unspecified atom stereocenters. The highest BCUT2D eigenvalue weighted by Gasteiger charge is 2.40. The lowest BCUT2D eigenvalue weighted by atomic mass is 9.89. The molecule has 1 aromatic rings. The van der Waals surface area contributed by atoms with Crippen LogP contribution in [-0.4, -0.2) is 39.7 Å². The molecule has 0 spiro atoms. The number of aliphatic hydroxyl groups is 2. The molecule has 2 aliphatic carbocycles. The standard InChI is InChI=1S/C24H31FO4/c25-21-15-23(27)20(9-3-1-2-4-10-24(28)29)19(21)11-12-22(26)18-13-16-7-5-6-8-17(16)14-18/h1,3,5-8,11-12,18-23,26-27H,2,4,9-10,13-15H2,(H,28,29)/b3-1+,12-11?/t19-,20-,21+,22-,23+/m1/s1. The number of halogens is 1. The molecule has 158 valence electrons. The number of hydrogen-bond acceptors (Lipinski definition) is 3. The minimum absolute atomic E-state index is 0.112. The Balaban J connectivity index is 1.53. The minimum Gasteiger partial charge on any atom is -0.481 e. The van der Waals surface area contributed by atoms with Gasteiger partial charge in [-0.3, -0.25) is 4.79 Å². The van der Waals surface area contributed by atoms with Gasteiger partial charge in [0.2, 0.25) is 0 Å². The van der Waals surface area contributed by atoms with Gasteiger partial charge in [-0.1, -0.05) is 48.6 Å². The lowest BCUT2D eigenvalue weighted by Gasteiger charge is -2.20. The second-order valence-electron chi connectivity index (χ2n) is 8.37. The average Bonchev–Trinajstić information content (AvgIpc) is 3.23. The van der Waals surface area contributed by atoms with E-state index in [1.807, 2.05) is 24.3 Å². The van der Waals surface area contributed by atoms with Crippen LogP contribution in [0.4, 0.5) is 4.39 Å². The zero-order chi connectivity index (χ0) is 20.8. The molecular weight excluding hydrogens is 371 g/mol. The zero-order valence-electron chi connectivity index (χ0n) is 16.7. The predicted molar refractivity (Wildman–Crippen MR) is 110 cm³/mol. The summed E-state index contributed by atoms with van der Waals surface area (Å²) < 4.78 is 14.5. The Morgan fingerprint density at radius 2 is 1.90 bits per heavy atom. The maximum atomic E-state index is 14.5. The van der Waals surface area contributed by atoms with E-state index in [1.54, 1.807) is 12.2 Å². The molecule has 1 aromatic carbocycles. The number of carboxylic acid groups (broad SMARTS) is 1. The number of aliphatic hydroxyl groups excluding tert-OH is 2. The molecule has 1 fully saturated rings. The predicted octanol–water partition coefficient (Wildman–Crippen LogP) is 3.85. The lowest BCUT2D eigenvalue weighted by Crippen LogP contribution is -2.21. The van der Waals surface area contributed by atoms with Gasteiger partial charge in [0, 0.05) is 18.8 Å². The molecule has 0 aromatic heterocycles. The van der Waals surface area contributed by atoms with E-state index in [4.69, 9.17) is 5.11 Å². The topological polar surface area (TPSA) is 77.8 Å². The SMILES string of the molecule is O=C(O)CCC/C=C/C[C@@H]1[C@@H](C=C[C@@H](O)C2Cc3ccccc3C2)[C@@H](F)C[C@@H]1O. The van der Waals surface area contributed by atoms with Crippen LogP contribution in [0.1, 0.15) is 43.2 Å². The normalized spacial score (nSPS) is 28.4. The molecule has 5 heteroatoms. The van der Waals surface area contributed by atoms with Crippen LogP contribution in [0.5, 0.6) is 0 Å². The van der Waals surface area contributed by atoms with Gasteiger partial charge in [0.1, 0.15) is 6.17 Å². The summed E-state index contributed by atoms with van der Waals surface area (Å²) in [5.74, 6) is -1.32. The van der Waals surface area contributed by atoms with Crippen LogP contribution in [0.3, 0.4) is 0 Å². The highest BCUT2D eigenvalue weighted by Crippen LogP contribution is 2.38. The summed E-state index contributed by atoms with van der Waals surface area (Å²) >= 11 is 0. The highest BCUT2D eigenvalue weighted by molar-refractivity contribution is 5.66. The number of fused-ring (bicyclic) bond motifs is 1. The van der Waals surface area contributed by atoms with Crippen LogP contribution >= 0.6 is 0 Å². The van der Waals surface area contributed by atoms with Crippen molar-refractivity contribution in [2.24, 2.45) is 17.8 Å². The quantitative estimate of drug-likeness (QED) is 0.433. The zero-order valence-corrected chi connectivity index (χ0v) is 16.7. The van der Waals surface area contributed by atoms with Crippen LogP contribution < -0.4 is 0 Å². The van der Waals surface area contributed by atoms with Crippen LogP contribution in [0, 0.1) is 17.8 Å². The third-order valence-corrected chi connectivity index (χ3v) is 6.31. The van der Waals surface area contributed by atoms with Gasteiger partial charge in [0.05, 0.1) is 12.2 Å². The minimum atomic E-state index is -1.11. The first-order valence-electron chi connectivity index (χ1n) is 10.6. The molecule has 0 heterocycles. The monoisotopic (exact) mass is 402 g/mol. The Hall–Kier alpha value is -1.98. The fourth-order valence-corrected chi connectivity index (χ4v) is 4.64. The van der Waals surface area contributed by atoms with E-state index < -0.39 is 30.3 Å². The number of carbonyl (C=O) groups is 1. The summed E-state index contributed by atoms with van der Waals surface area (Å²) in [6.07, 6.45) is 8.57. The number of benzene rings is 1. The maximum absolute atomic E-state index is 14.5. The summed E-state index contributed by atoms with van der Waals surface area (Å²) in [5.41, 5.74) is 2.55. The molecule has 3 rings (SSSR count). The van der Waals surface area contributed by atoms with Crippen molar-refractivity contribution in [3.63, 3.8) is 0 Å². The van der Waals surface area contributed by atoms with Gasteiger partial charge in [-0.2, -0.15) is 0 Å². The smallest absolute Gasteiger partial charge is 0.303 e. The Morgan fingerprint density at radius 3 is 2.55 bits per heavy atom. The van der Waals surface area contributed by atoms with Crippen molar-refractivity contribution in [3.05, 3.63) is 59.7 Å². The summed E-state index contributed by atoms with van der Waals surface area (Å²) in [6.45, 7) is 0. The van der Waals surface area contributed by atoms with Crippen molar-refractivity contribution in [3.8, 4) is 0 Å². The number of aliphatic carboxylic acids is 1. The van der Waals surface area contributed by atoms with Crippen LogP contribution in [0.2, 0.25) is 0 Å². The molecule has 0 aliphatic heterocycles. The van der Waals surface area contributed by atoms with E-state index in [2.05, 4.69) is 12.1 Å². The first-order valence-corrected chi connectivity index (χ1v) is 10.6. The number of rotatable bonds is 9. The molecule has 0 radical (unpaired) electrons. The highest BCUT2D eigenvalue weighted by atomic mass is 19.1. The third-order valence-electron chi connectivity index (χ3n) is 6.31. The van der Waals surface area contributed by atoms with Crippen LogP contribution in [0.15, 0.2) is 48.6 Å². The second-order valence-corrected chi connectivity index (χ2v) is 8.37. The van der Waals surface area contributed by atoms with Crippen molar-refractivity contribution in [2.45, 2.75) is 63.3 Å². The van der Waals surface area contributed by atoms with Crippen molar-refractivity contribution in [1.82, 2.24) is 0 Å². The maximum Gasteiger partial charge on any atom is 0.303 e. The van der Waals surface area contributed by atoms with Crippen LogP contribution in [-0.2, 0) is 17.6 Å². The lowest BCUT2D eigenvalue weighted by molar-refractivity contribution is -0.137. The molecule has 0 amide bonds. The van der Waals surface area contributed by atoms with Crippen molar-refractivity contribution in [2.75, 3.05) is 0 Å². The summed E-state index contributed by atoms with van der Waals surface area (Å²) in [4.78, 5) is 10.5. The summed E-state index contributed by atoms with van der Waals surface area (Å²) in [5, 5.41) is 29.5. The molecule has 2 aliphatic rings. The van der Waals surface area contributed by atoms with Crippen molar-refractivity contribution >= 4 is 5.97 Å². The summed E-state index contributed by atoms with van der Waals surface area (Å²) in [7, 11) is 0. The molecule has 4 nitrogen and oxygen atoms in total. The number of allylic oxidation sites excluding steroid dienone is 3. The molecular formula is C24H31FO4. The van der Waals surface area contributed by atoms with E-state index in [0.29, 0.717) is 19.3 Å². The number of hydrogen-bond donors (Lipinski definition) is 3. The van der Waals surface area contributed by atoms with Crippen molar-refractivity contribution in [1.29, 1.82) is 0 Å². The van der Waals surface area contributed by atoms with Gasteiger partial charge in [0.15, 0.2) is 0 Å². The fraction of sp³-hybridized carbons (Fsp3) is 0.542. The number of unbranched alkanes of at least 4 members (excludes halogenated alkanes) is 1. The Kier molecular flexibility index (Phi) is 7.62. The first kappa shape index (κ1) is 21.7. The number of carboxylic acids is 1. The average molecular weight is 403 g/mol. The van der Waals surface area contributed by atoms with E-state index in [0.717, 1.165) is 12.8 Å². The van der Waals surface area contributed by atoms with Gasteiger partial charge in [-0.05, 0) is 55.1 Å². The largest absolute Gasteiger partial charge is 0.481 e. The molecule has 1 saturated carbocycles. The fourth-order valence-electron chi connectivity index (χ4n) is 4.64. The molecule has 29 heavy (non-hydrogen) atoms. The van der Waals surface area contributed by atoms with E-state index >= 15 is 0 Å².